The SMILES string of the molecule is C=CC(C)(c1cccc2ccccc12)C(C(=O)OC)C(=O)OC. The molecule has 0 N–H and O–H groups in total. The first-order valence-corrected chi connectivity index (χ1v) is 7.27. The quantitative estimate of drug-likeness (QED) is 0.483. The standard InChI is InChI=1S/C19H20O4/c1-5-19(2,16(17(20)22-3)18(21)23-4)15-12-8-10-13-9-6-7-11-14(13)15/h5-12,16H,1H2,2-4H3. The van der Waals surface area contributed by atoms with Crippen LogP contribution < -0.4 is 0 Å². The van der Waals surface area contributed by atoms with E-state index >= 15 is 0 Å². The van der Waals surface area contributed by atoms with Crippen molar-refractivity contribution in [2.75, 3.05) is 14.2 Å². The van der Waals surface area contributed by atoms with E-state index in [1.807, 2.05) is 42.5 Å². The smallest absolute Gasteiger partial charge is 0.321 e. The summed E-state index contributed by atoms with van der Waals surface area (Å²) in [6.45, 7) is 5.65. The molecule has 1 unspecified atom stereocenters. The van der Waals surface area contributed by atoms with Crippen LogP contribution in [0, 0.1) is 5.92 Å². The number of allylic oxidation sites excluding steroid dienone is 1. The Hall–Kier alpha value is -2.62. The Morgan fingerprint density at radius 3 is 2.17 bits per heavy atom. The number of carbonyl (C=O) groups excluding carboxylic acids is 2. The van der Waals surface area contributed by atoms with Crippen molar-refractivity contribution in [1.82, 2.24) is 0 Å². The summed E-state index contributed by atoms with van der Waals surface area (Å²) in [5, 5.41) is 1.97. The van der Waals surface area contributed by atoms with Crippen LogP contribution in [-0.4, -0.2) is 26.2 Å². The third-order valence-corrected chi connectivity index (χ3v) is 4.27. The largest absolute Gasteiger partial charge is 0.468 e. The van der Waals surface area contributed by atoms with Crippen LogP contribution in [0.1, 0.15) is 12.5 Å². The summed E-state index contributed by atoms with van der Waals surface area (Å²) in [4.78, 5) is 24.5. The maximum Gasteiger partial charge on any atom is 0.321 e. The number of hydrogen-bond acceptors (Lipinski definition) is 4. The number of ether oxygens (including phenoxy) is 2. The fourth-order valence-corrected chi connectivity index (χ4v) is 2.90. The van der Waals surface area contributed by atoms with Crippen LogP contribution in [-0.2, 0) is 24.5 Å². The molecule has 0 aliphatic rings. The summed E-state index contributed by atoms with van der Waals surface area (Å²) in [7, 11) is 2.51. The van der Waals surface area contributed by atoms with E-state index in [0.29, 0.717) is 0 Å². The molecule has 0 bridgehead atoms. The lowest BCUT2D eigenvalue weighted by Gasteiger charge is -2.32. The van der Waals surface area contributed by atoms with Gasteiger partial charge in [0, 0.05) is 5.41 Å². The lowest BCUT2D eigenvalue weighted by molar-refractivity contribution is -0.161. The second kappa shape index (κ2) is 6.65. The van der Waals surface area contributed by atoms with Crippen LogP contribution in [0.2, 0.25) is 0 Å². The minimum Gasteiger partial charge on any atom is -0.468 e. The number of rotatable bonds is 5. The molecule has 0 radical (unpaired) electrons. The van der Waals surface area contributed by atoms with Gasteiger partial charge in [-0.3, -0.25) is 9.59 Å². The molecule has 0 amide bonds. The van der Waals surface area contributed by atoms with Crippen LogP contribution >= 0.6 is 0 Å². The van der Waals surface area contributed by atoms with Gasteiger partial charge in [0.25, 0.3) is 0 Å². The van der Waals surface area contributed by atoms with Crippen LogP contribution in [0.4, 0.5) is 0 Å². The zero-order chi connectivity index (χ0) is 17.0. The number of hydrogen-bond donors (Lipinski definition) is 0. The van der Waals surface area contributed by atoms with E-state index in [0.717, 1.165) is 16.3 Å². The molecule has 0 aliphatic carbocycles. The van der Waals surface area contributed by atoms with E-state index < -0.39 is 23.3 Å². The summed E-state index contributed by atoms with van der Waals surface area (Å²) in [6, 6.07) is 13.6. The molecule has 120 valence electrons. The molecule has 0 spiro atoms. The van der Waals surface area contributed by atoms with Crippen LogP contribution in [0.5, 0.6) is 0 Å². The molecule has 23 heavy (non-hydrogen) atoms. The Morgan fingerprint density at radius 2 is 1.61 bits per heavy atom. The van der Waals surface area contributed by atoms with Crippen molar-refractivity contribution in [3.05, 3.63) is 60.7 Å². The zero-order valence-corrected chi connectivity index (χ0v) is 13.5. The van der Waals surface area contributed by atoms with Gasteiger partial charge in [-0.1, -0.05) is 55.5 Å². The molecule has 2 aromatic carbocycles. The molecule has 0 saturated carbocycles. The number of benzene rings is 2. The Balaban J connectivity index is 2.73. The topological polar surface area (TPSA) is 52.6 Å². The van der Waals surface area contributed by atoms with E-state index in [2.05, 4.69) is 6.58 Å². The Labute approximate surface area is 135 Å². The molecule has 2 rings (SSSR count). The van der Waals surface area contributed by atoms with E-state index in [1.54, 1.807) is 13.0 Å². The second-order valence-electron chi connectivity index (χ2n) is 5.49. The van der Waals surface area contributed by atoms with Crippen LogP contribution in [0.15, 0.2) is 55.1 Å². The van der Waals surface area contributed by atoms with Crippen molar-refractivity contribution in [3.8, 4) is 0 Å². The van der Waals surface area contributed by atoms with Gasteiger partial charge in [-0.2, -0.15) is 0 Å². The fourth-order valence-electron chi connectivity index (χ4n) is 2.90. The van der Waals surface area contributed by atoms with Gasteiger partial charge in [0.1, 0.15) is 0 Å². The van der Waals surface area contributed by atoms with Crippen LogP contribution in [0.25, 0.3) is 10.8 Å². The summed E-state index contributed by atoms with van der Waals surface area (Å²) >= 11 is 0. The number of esters is 2. The Kier molecular flexibility index (Phi) is 4.84. The predicted octanol–water partition coefficient (Wildman–Crippen LogP) is 3.25. The normalized spacial score (nSPS) is 13.4. The van der Waals surface area contributed by atoms with Crippen molar-refractivity contribution < 1.29 is 19.1 Å². The Morgan fingerprint density at radius 1 is 1.04 bits per heavy atom. The zero-order valence-electron chi connectivity index (χ0n) is 13.5. The summed E-state index contributed by atoms with van der Waals surface area (Å²) in [6.07, 6.45) is 1.60. The van der Waals surface area contributed by atoms with Gasteiger partial charge in [-0.25, -0.2) is 0 Å². The summed E-state index contributed by atoms with van der Waals surface area (Å²) in [5.74, 6) is -2.42. The molecule has 4 heteroatoms. The predicted molar refractivity (Wildman–Crippen MR) is 89.0 cm³/mol. The first-order chi connectivity index (χ1) is 11.0. The molecule has 4 nitrogen and oxygen atoms in total. The fraction of sp³-hybridized carbons (Fsp3) is 0.263. The second-order valence-corrected chi connectivity index (χ2v) is 5.49. The molecule has 2 aromatic rings. The molecule has 0 aliphatic heterocycles. The lowest BCUT2D eigenvalue weighted by atomic mass is 9.70. The van der Waals surface area contributed by atoms with Crippen molar-refractivity contribution in [2.45, 2.75) is 12.3 Å². The van der Waals surface area contributed by atoms with Crippen molar-refractivity contribution in [2.24, 2.45) is 5.92 Å². The minimum absolute atomic E-state index is 0.646. The maximum absolute atomic E-state index is 12.3. The highest BCUT2D eigenvalue weighted by Gasteiger charge is 2.45. The molecule has 0 aromatic heterocycles. The van der Waals surface area contributed by atoms with Gasteiger partial charge in [-0.05, 0) is 16.3 Å². The van der Waals surface area contributed by atoms with Gasteiger partial charge in [0.05, 0.1) is 14.2 Å². The highest BCUT2D eigenvalue weighted by atomic mass is 16.5. The van der Waals surface area contributed by atoms with Crippen molar-refractivity contribution >= 4 is 22.7 Å². The van der Waals surface area contributed by atoms with Gasteiger partial charge >= 0.3 is 11.9 Å². The van der Waals surface area contributed by atoms with Gasteiger partial charge in [0.15, 0.2) is 5.92 Å². The minimum atomic E-state index is -1.12. The van der Waals surface area contributed by atoms with Crippen LogP contribution in [0.3, 0.4) is 0 Å². The van der Waals surface area contributed by atoms with E-state index in [1.165, 1.54) is 14.2 Å². The molecule has 0 heterocycles. The molecule has 1 atom stereocenters. The summed E-state index contributed by atoms with van der Waals surface area (Å²) in [5.41, 5.74) is -0.132. The Bertz CT molecular complexity index is 729. The van der Waals surface area contributed by atoms with Crippen molar-refractivity contribution in [1.29, 1.82) is 0 Å². The van der Waals surface area contributed by atoms with Gasteiger partial charge in [0.2, 0.25) is 0 Å². The highest BCUT2D eigenvalue weighted by Crippen LogP contribution is 2.39. The first kappa shape index (κ1) is 16.7. The van der Waals surface area contributed by atoms with E-state index in [9.17, 15) is 9.59 Å². The first-order valence-electron chi connectivity index (χ1n) is 7.27. The van der Waals surface area contributed by atoms with Crippen molar-refractivity contribution in [3.63, 3.8) is 0 Å². The van der Waals surface area contributed by atoms with E-state index in [-0.39, 0.29) is 0 Å². The number of methoxy groups -OCH3 is 2. The molecular weight excluding hydrogens is 292 g/mol. The average molecular weight is 312 g/mol. The lowest BCUT2D eigenvalue weighted by Crippen LogP contribution is -2.42. The number of fused-ring (bicyclic) bond motifs is 1. The number of carbonyl (C=O) groups is 2. The maximum atomic E-state index is 12.3. The molecule has 0 fully saturated rings. The third-order valence-electron chi connectivity index (χ3n) is 4.27. The van der Waals surface area contributed by atoms with Gasteiger partial charge in [-0.15, -0.1) is 6.58 Å². The molecule has 0 saturated heterocycles. The monoisotopic (exact) mass is 312 g/mol. The average Bonchev–Trinajstić information content (AvgIpc) is 2.60. The molecular formula is C19H20O4. The summed E-state index contributed by atoms with van der Waals surface area (Å²) < 4.78 is 9.66. The highest BCUT2D eigenvalue weighted by molar-refractivity contribution is 5.98. The van der Waals surface area contributed by atoms with Gasteiger partial charge < -0.3 is 9.47 Å². The third kappa shape index (κ3) is 2.84. The van der Waals surface area contributed by atoms with E-state index in [4.69, 9.17) is 9.47 Å².